The Morgan fingerprint density at radius 3 is 2.71 bits per heavy atom. The molecule has 2 aliphatic rings. The Kier molecular flexibility index (Phi) is 4.90. The molecule has 0 saturated heterocycles. The smallest absolute Gasteiger partial charge is 0.226 e. The second-order valence-corrected chi connectivity index (χ2v) is 7.96. The molecule has 8 heteroatoms. The fourth-order valence-electron chi connectivity index (χ4n) is 4.24. The summed E-state index contributed by atoms with van der Waals surface area (Å²) in [4.78, 5) is 17.7. The van der Waals surface area contributed by atoms with E-state index in [1.807, 2.05) is 42.5 Å². The van der Waals surface area contributed by atoms with Crippen LogP contribution in [0.5, 0.6) is 11.5 Å². The number of nitrogens with zero attached hydrogens (tertiary/aromatic N) is 3. The van der Waals surface area contributed by atoms with Crippen LogP contribution in [-0.4, -0.2) is 34.8 Å². The van der Waals surface area contributed by atoms with Crippen molar-refractivity contribution in [1.82, 2.24) is 14.8 Å². The van der Waals surface area contributed by atoms with Crippen molar-refractivity contribution in [2.24, 2.45) is 0 Å². The van der Waals surface area contributed by atoms with Gasteiger partial charge in [0.15, 0.2) is 23.1 Å². The first kappa shape index (κ1) is 19.6. The molecule has 0 fully saturated rings. The molecule has 1 atom stereocenters. The number of benzene rings is 2. The van der Waals surface area contributed by atoms with E-state index in [9.17, 15) is 4.79 Å². The predicted octanol–water partition coefficient (Wildman–Crippen LogP) is 4.64. The number of hydrogen-bond donors (Lipinski definition) is 1. The SMILES string of the molecule is COc1ccc(C2C3=C(CCCC3=O)Nc3nc(-c4cccc(Cl)c4)nn32)cc1OC. The van der Waals surface area contributed by atoms with Gasteiger partial charge in [-0.2, -0.15) is 4.98 Å². The minimum absolute atomic E-state index is 0.124. The number of Topliss-reactive ketones (excluding diaryl/α,β-unsaturated/α-hetero) is 1. The van der Waals surface area contributed by atoms with E-state index in [0.717, 1.165) is 35.2 Å². The molecule has 7 nitrogen and oxygen atoms in total. The third kappa shape index (κ3) is 3.35. The summed E-state index contributed by atoms with van der Waals surface area (Å²) in [6.45, 7) is 0. The molecule has 0 saturated carbocycles. The van der Waals surface area contributed by atoms with Crippen LogP contribution < -0.4 is 14.8 Å². The maximum Gasteiger partial charge on any atom is 0.226 e. The molecule has 2 aromatic carbocycles. The summed E-state index contributed by atoms with van der Waals surface area (Å²) in [6, 6.07) is 12.7. The Hall–Kier alpha value is -3.32. The quantitative estimate of drug-likeness (QED) is 0.642. The van der Waals surface area contributed by atoms with Gasteiger partial charge in [-0.05, 0) is 42.7 Å². The van der Waals surface area contributed by atoms with Crippen molar-refractivity contribution >= 4 is 23.3 Å². The van der Waals surface area contributed by atoms with Gasteiger partial charge in [0, 0.05) is 28.3 Å². The standard InChI is InChI=1S/C23H21ClN4O3/c1-30-18-10-9-13(12-19(18)31-2)21-20-16(7-4-8-17(20)29)25-23-26-22(27-28(21)23)14-5-3-6-15(24)11-14/h3,5-6,9-12,21H,4,7-8H2,1-2H3,(H,25,26,27). The third-order valence-electron chi connectivity index (χ3n) is 5.67. The molecule has 1 aliphatic heterocycles. The first-order chi connectivity index (χ1) is 15.1. The molecular formula is C23H21ClN4O3. The summed E-state index contributed by atoms with van der Waals surface area (Å²) in [7, 11) is 3.19. The van der Waals surface area contributed by atoms with Gasteiger partial charge in [0.25, 0.3) is 0 Å². The highest BCUT2D eigenvalue weighted by molar-refractivity contribution is 6.30. The van der Waals surface area contributed by atoms with E-state index in [2.05, 4.69) is 5.32 Å². The van der Waals surface area contributed by atoms with Gasteiger partial charge in [0.2, 0.25) is 5.95 Å². The van der Waals surface area contributed by atoms with Crippen molar-refractivity contribution in [3.05, 3.63) is 64.3 Å². The van der Waals surface area contributed by atoms with Gasteiger partial charge < -0.3 is 14.8 Å². The lowest BCUT2D eigenvalue weighted by Gasteiger charge is -2.32. The zero-order chi connectivity index (χ0) is 21.5. The van der Waals surface area contributed by atoms with Crippen molar-refractivity contribution in [2.75, 3.05) is 19.5 Å². The zero-order valence-corrected chi connectivity index (χ0v) is 17.9. The predicted molar refractivity (Wildman–Crippen MR) is 118 cm³/mol. The summed E-state index contributed by atoms with van der Waals surface area (Å²) >= 11 is 6.17. The molecule has 0 amide bonds. The topological polar surface area (TPSA) is 78.3 Å². The summed E-state index contributed by atoms with van der Waals surface area (Å²) < 4.78 is 12.7. The molecule has 1 unspecified atom stereocenters. The van der Waals surface area contributed by atoms with Gasteiger partial charge in [-0.3, -0.25) is 4.79 Å². The summed E-state index contributed by atoms with van der Waals surface area (Å²) in [5.41, 5.74) is 3.33. The number of ether oxygens (including phenoxy) is 2. The largest absolute Gasteiger partial charge is 0.493 e. The Morgan fingerprint density at radius 1 is 1.10 bits per heavy atom. The number of ketones is 1. The van der Waals surface area contributed by atoms with Gasteiger partial charge in [-0.1, -0.05) is 29.8 Å². The molecule has 5 rings (SSSR count). The highest BCUT2D eigenvalue weighted by Crippen LogP contribution is 2.42. The molecule has 1 N–H and O–H groups in total. The number of anilines is 1. The number of carbonyl (C=O) groups excluding carboxylic acids is 1. The zero-order valence-electron chi connectivity index (χ0n) is 17.2. The molecule has 1 aromatic heterocycles. The van der Waals surface area contributed by atoms with Crippen molar-refractivity contribution in [2.45, 2.75) is 25.3 Å². The van der Waals surface area contributed by atoms with Crippen LogP contribution in [0.25, 0.3) is 11.4 Å². The number of methoxy groups -OCH3 is 2. The fraction of sp³-hybridized carbons (Fsp3) is 0.261. The van der Waals surface area contributed by atoms with Gasteiger partial charge in [-0.25, -0.2) is 4.68 Å². The maximum absolute atomic E-state index is 13.0. The van der Waals surface area contributed by atoms with Crippen LogP contribution in [-0.2, 0) is 4.79 Å². The lowest BCUT2D eigenvalue weighted by Crippen LogP contribution is -2.31. The van der Waals surface area contributed by atoms with Crippen LogP contribution in [0.15, 0.2) is 53.7 Å². The van der Waals surface area contributed by atoms with E-state index < -0.39 is 6.04 Å². The Balaban J connectivity index is 1.68. The summed E-state index contributed by atoms with van der Waals surface area (Å²) in [5, 5.41) is 8.73. The van der Waals surface area contributed by atoms with Crippen molar-refractivity contribution in [3.63, 3.8) is 0 Å². The third-order valence-corrected chi connectivity index (χ3v) is 5.91. The normalized spacial score (nSPS) is 17.6. The summed E-state index contributed by atoms with van der Waals surface area (Å²) in [6.07, 6.45) is 2.14. The lowest BCUT2D eigenvalue weighted by atomic mass is 9.85. The molecule has 158 valence electrons. The number of aromatic nitrogens is 3. The van der Waals surface area contributed by atoms with Crippen LogP contribution >= 0.6 is 11.6 Å². The Morgan fingerprint density at radius 2 is 1.94 bits per heavy atom. The van der Waals surface area contributed by atoms with E-state index in [4.69, 9.17) is 31.2 Å². The van der Waals surface area contributed by atoms with Crippen LogP contribution in [0.1, 0.15) is 30.9 Å². The van der Waals surface area contributed by atoms with Crippen LogP contribution in [0, 0.1) is 0 Å². The van der Waals surface area contributed by atoms with Gasteiger partial charge >= 0.3 is 0 Å². The molecule has 0 spiro atoms. The van der Waals surface area contributed by atoms with E-state index in [1.165, 1.54) is 0 Å². The molecular weight excluding hydrogens is 416 g/mol. The highest BCUT2D eigenvalue weighted by Gasteiger charge is 2.37. The fourth-order valence-corrected chi connectivity index (χ4v) is 4.43. The number of nitrogens with one attached hydrogen (secondary N) is 1. The maximum atomic E-state index is 13.0. The Labute approximate surface area is 184 Å². The van der Waals surface area contributed by atoms with E-state index in [-0.39, 0.29) is 5.78 Å². The van der Waals surface area contributed by atoms with E-state index in [1.54, 1.807) is 18.9 Å². The number of rotatable bonds is 4. The van der Waals surface area contributed by atoms with E-state index in [0.29, 0.717) is 34.7 Å². The van der Waals surface area contributed by atoms with Gasteiger partial charge in [0.05, 0.1) is 14.2 Å². The highest BCUT2D eigenvalue weighted by atomic mass is 35.5. The molecule has 0 bridgehead atoms. The number of allylic oxidation sites excluding steroid dienone is 2. The van der Waals surface area contributed by atoms with Crippen molar-refractivity contribution < 1.29 is 14.3 Å². The second kappa shape index (κ2) is 7.74. The molecule has 0 radical (unpaired) electrons. The average Bonchev–Trinajstić information content (AvgIpc) is 3.21. The minimum atomic E-state index is -0.403. The Bertz CT molecular complexity index is 1220. The summed E-state index contributed by atoms with van der Waals surface area (Å²) in [5.74, 6) is 2.49. The van der Waals surface area contributed by atoms with Gasteiger partial charge in [0.1, 0.15) is 6.04 Å². The average molecular weight is 437 g/mol. The monoisotopic (exact) mass is 436 g/mol. The first-order valence-corrected chi connectivity index (χ1v) is 10.4. The van der Waals surface area contributed by atoms with Crippen LogP contribution in [0.2, 0.25) is 5.02 Å². The number of carbonyl (C=O) groups is 1. The van der Waals surface area contributed by atoms with Gasteiger partial charge in [-0.15, -0.1) is 5.10 Å². The lowest BCUT2D eigenvalue weighted by molar-refractivity contribution is -0.116. The number of hydrogen-bond acceptors (Lipinski definition) is 6. The minimum Gasteiger partial charge on any atom is -0.493 e. The number of halogens is 1. The van der Waals surface area contributed by atoms with Crippen LogP contribution in [0.4, 0.5) is 5.95 Å². The first-order valence-electron chi connectivity index (χ1n) is 10.1. The number of fused-ring (bicyclic) bond motifs is 1. The molecule has 31 heavy (non-hydrogen) atoms. The molecule has 1 aliphatic carbocycles. The molecule has 3 aromatic rings. The van der Waals surface area contributed by atoms with Crippen molar-refractivity contribution in [3.8, 4) is 22.9 Å². The van der Waals surface area contributed by atoms with Crippen molar-refractivity contribution in [1.29, 1.82) is 0 Å². The molecule has 2 heterocycles. The second-order valence-electron chi connectivity index (χ2n) is 7.52. The van der Waals surface area contributed by atoms with Crippen LogP contribution in [0.3, 0.4) is 0 Å². The van der Waals surface area contributed by atoms with E-state index >= 15 is 0 Å².